The molecule has 3 aromatic heterocycles. The third-order valence-corrected chi connectivity index (χ3v) is 7.80. The van der Waals surface area contributed by atoms with Crippen LogP contribution >= 0.6 is 0 Å². The fourth-order valence-corrected chi connectivity index (χ4v) is 7.04. The van der Waals surface area contributed by atoms with E-state index in [0.717, 1.165) is 49.1 Å². The number of pyridine rings is 2. The number of hydrogen-bond donors (Lipinski definition) is 2. The molecule has 0 spiro atoms. The number of hydrogen-bond acceptors (Lipinski definition) is 5. The fourth-order valence-electron chi connectivity index (χ4n) is 7.04. The van der Waals surface area contributed by atoms with E-state index >= 15 is 0 Å². The zero-order valence-corrected chi connectivity index (χ0v) is 19.5. The Labute approximate surface area is 198 Å². The molecule has 4 aliphatic carbocycles. The molecule has 4 bridgehead atoms. The monoisotopic (exact) mass is 459 g/mol. The van der Waals surface area contributed by atoms with Crippen LogP contribution in [0, 0.1) is 25.7 Å². The third kappa shape index (κ3) is 3.71. The molecule has 0 aromatic carbocycles. The summed E-state index contributed by atoms with van der Waals surface area (Å²) in [6, 6.07) is 11.3. The summed E-state index contributed by atoms with van der Waals surface area (Å²) >= 11 is 0. The van der Waals surface area contributed by atoms with Crippen LogP contribution in [-0.4, -0.2) is 37.4 Å². The Bertz CT molecular complexity index is 1280. The molecule has 7 rings (SSSR count). The summed E-state index contributed by atoms with van der Waals surface area (Å²) in [5.41, 5.74) is 2.33. The Morgan fingerprint density at radius 1 is 0.971 bits per heavy atom. The average Bonchev–Trinajstić information content (AvgIpc) is 3.15. The maximum Gasteiger partial charge on any atom is 0.414 e. The number of fused-ring (bicyclic) bond motifs is 1. The number of carbonyl (C=O) groups is 2. The molecule has 8 heteroatoms. The standard InChI is InChI=1S/C26H29N5O3/c1-16-5-3-7-20(27-16)23(32)29-25-10-18-9-19(11-25)13-26(12-18,15-25)30-24(33)34-22-14-31-17(2)6-4-8-21(31)28-22/h3-8,14,18-19H,9-13,15H2,1-2H3,(H,29,32)(H,30,33). The van der Waals surface area contributed by atoms with Crippen LogP contribution in [0.25, 0.3) is 5.65 Å². The lowest BCUT2D eigenvalue weighted by Gasteiger charge is -2.61. The molecule has 3 aromatic rings. The number of aryl methyl sites for hydroxylation is 2. The molecule has 34 heavy (non-hydrogen) atoms. The summed E-state index contributed by atoms with van der Waals surface area (Å²) in [6.07, 6.45) is 6.86. The second-order valence-corrected chi connectivity index (χ2v) is 10.6. The highest BCUT2D eigenvalue weighted by Crippen LogP contribution is 2.57. The van der Waals surface area contributed by atoms with Gasteiger partial charge in [0.1, 0.15) is 11.3 Å². The normalized spacial score (nSPS) is 29.2. The van der Waals surface area contributed by atoms with Crippen molar-refractivity contribution >= 4 is 17.6 Å². The topological polar surface area (TPSA) is 97.6 Å². The van der Waals surface area contributed by atoms with Gasteiger partial charge in [-0.25, -0.2) is 9.78 Å². The van der Waals surface area contributed by atoms with E-state index in [1.165, 1.54) is 0 Å². The van der Waals surface area contributed by atoms with Crippen molar-refractivity contribution in [3.05, 3.63) is 59.7 Å². The molecule has 2 unspecified atom stereocenters. The summed E-state index contributed by atoms with van der Waals surface area (Å²) in [5.74, 6) is 1.10. The lowest BCUT2D eigenvalue weighted by atomic mass is 9.50. The van der Waals surface area contributed by atoms with Crippen molar-refractivity contribution in [2.45, 2.75) is 63.5 Å². The lowest BCUT2D eigenvalue weighted by molar-refractivity contribution is -0.0450. The average molecular weight is 460 g/mol. The van der Waals surface area contributed by atoms with E-state index < -0.39 is 6.09 Å². The van der Waals surface area contributed by atoms with Gasteiger partial charge < -0.3 is 19.8 Å². The van der Waals surface area contributed by atoms with Crippen LogP contribution < -0.4 is 15.4 Å². The minimum Gasteiger partial charge on any atom is -0.390 e. The largest absolute Gasteiger partial charge is 0.414 e. The highest BCUT2D eigenvalue weighted by atomic mass is 16.6. The van der Waals surface area contributed by atoms with Crippen molar-refractivity contribution in [3.8, 4) is 5.88 Å². The summed E-state index contributed by atoms with van der Waals surface area (Å²) in [6.45, 7) is 3.87. The Kier molecular flexibility index (Phi) is 4.69. The van der Waals surface area contributed by atoms with E-state index in [9.17, 15) is 9.59 Å². The molecule has 4 fully saturated rings. The van der Waals surface area contributed by atoms with E-state index in [-0.39, 0.29) is 22.9 Å². The van der Waals surface area contributed by atoms with Crippen molar-refractivity contribution in [2.24, 2.45) is 11.8 Å². The van der Waals surface area contributed by atoms with Crippen molar-refractivity contribution in [1.29, 1.82) is 0 Å². The number of rotatable bonds is 4. The van der Waals surface area contributed by atoms with Crippen LogP contribution in [0.5, 0.6) is 5.88 Å². The zero-order chi connectivity index (χ0) is 23.5. The molecule has 0 radical (unpaired) electrons. The first-order chi connectivity index (χ1) is 16.3. The highest BCUT2D eigenvalue weighted by molar-refractivity contribution is 5.92. The van der Waals surface area contributed by atoms with Gasteiger partial charge in [-0.05, 0) is 88.5 Å². The minimum atomic E-state index is -0.482. The molecule has 4 saturated carbocycles. The maximum absolute atomic E-state index is 13.1. The lowest BCUT2D eigenvalue weighted by Crippen LogP contribution is -2.70. The summed E-state index contributed by atoms with van der Waals surface area (Å²) in [7, 11) is 0. The first kappa shape index (κ1) is 21.1. The second kappa shape index (κ2) is 7.55. The second-order valence-electron chi connectivity index (χ2n) is 10.6. The first-order valence-corrected chi connectivity index (χ1v) is 12.0. The highest BCUT2D eigenvalue weighted by Gasteiger charge is 2.59. The predicted octanol–water partition coefficient (Wildman–Crippen LogP) is 3.96. The van der Waals surface area contributed by atoms with Gasteiger partial charge in [0.25, 0.3) is 5.91 Å². The quantitative estimate of drug-likeness (QED) is 0.616. The van der Waals surface area contributed by atoms with E-state index in [1.807, 2.05) is 48.6 Å². The third-order valence-electron chi connectivity index (χ3n) is 7.80. The molecular formula is C26H29N5O3. The van der Waals surface area contributed by atoms with Crippen molar-refractivity contribution < 1.29 is 14.3 Å². The number of amides is 2. The molecule has 8 nitrogen and oxygen atoms in total. The van der Waals surface area contributed by atoms with Crippen molar-refractivity contribution in [3.63, 3.8) is 0 Å². The van der Waals surface area contributed by atoms with Crippen LogP contribution in [0.1, 0.15) is 60.4 Å². The van der Waals surface area contributed by atoms with Crippen LogP contribution in [0.3, 0.4) is 0 Å². The predicted molar refractivity (Wildman–Crippen MR) is 126 cm³/mol. The van der Waals surface area contributed by atoms with E-state index in [0.29, 0.717) is 24.0 Å². The molecule has 176 valence electrons. The van der Waals surface area contributed by atoms with Crippen molar-refractivity contribution in [1.82, 2.24) is 25.0 Å². The van der Waals surface area contributed by atoms with Crippen LogP contribution in [-0.2, 0) is 0 Å². The number of nitrogens with zero attached hydrogens (tertiary/aromatic N) is 3. The Morgan fingerprint density at radius 2 is 1.68 bits per heavy atom. The number of ether oxygens (including phenoxy) is 1. The van der Waals surface area contributed by atoms with E-state index in [2.05, 4.69) is 20.6 Å². The number of nitrogens with one attached hydrogen (secondary N) is 2. The summed E-state index contributed by atoms with van der Waals surface area (Å²) < 4.78 is 7.51. The summed E-state index contributed by atoms with van der Waals surface area (Å²) in [4.78, 5) is 34.8. The fraction of sp³-hybridized carbons (Fsp3) is 0.462. The van der Waals surface area contributed by atoms with E-state index in [4.69, 9.17) is 4.74 Å². The number of aromatic nitrogens is 3. The van der Waals surface area contributed by atoms with E-state index in [1.54, 1.807) is 12.3 Å². The maximum atomic E-state index is 13.1. The molecule has 2 amide bonds. The molecule has 2 atom stereocenters. The van der Waals surface area contributed by atoms with Crippen LogP contribution in [0.4, 0.5) is 4.79 Å². The molecule has 0 saturated heterocycles. The zero-order valence-electron chi connectivity index (χ0n) is 19.5. The molecule has 0 aliphatic heterocycles. The van der Waals surface area contributed by atoms with Gasteiger partial charge in [0.05, 0.1) is 6.20 Å². The Hall–Kier alpha value is -3.42. The molecule has 3 heterocycles. The molecule has 4 aliphatic rings. The van der Waals surface area contributed by atoms with Crippen LogP contribution in [0.2, 0.25) is 0 Å². The van der Waals surface area contributed by atoms with Gasteiger partial charge in [-0.15, -0.1) is 0 Å². The molecular weight excluding hydrogens is 430 g/mol. The van der Waals surface area contributed by atoms with Gasteiger partial charge in [-0.3, -0.25) is 4.79 Å². The van der Waals surface area contributed by atoms with Gasteiger partial charge in [0.2, 0.25) is 5.88 Å². The van der Waals surface area contributed by atoms with Gasteiger partial charge in [0.15, 0.2) is 0 Å². The Morgan fingerprint density at radius 3 is 2.38 bits per heavy atom. The SMILES string of the molecule is Cc1cccc(C(=O)NC23CC4CC(CC(NC(=O)Oc5cn6c(C)cccc6n5)(C4)C2)C3)n1. The number of carbonyl (C=O) groups excluding carboxylic acids is 2. The van der Waals surface area contributed by atoms with Gasteiger partial charge in [-0.2, -0.15) is 4.98 Å². The smallest absolute Gasteiger partial charge is 0.390 e. The van der Waals surface area contributed by atoms with Crippen LogP contribution in [0.15, 0.2) is 42.6 Å². The van der Waals surface area contributed by atoms with Gasteiger partial charge >= 0.3 is 6.09 Å². The van der Waals surface area contributed by atoms with Gasteiger partial charge in [0, 0.05) is 22.5 Å². The Balaban J connectivity index is 1.19. The summed E-state index contributed by atoms with van der Waals surface area (Å²) in [5, 5.41) is 6.53. The molecule has 2 N–H and O–H groups in total. The van der Waals surface area contributed by atoms with Crippen molar-refractivity contribution in [2.75, 3.05) is 0 Å². The number of imidazole rings is 1. The minimum absolute atomic E-state index is 0.136. The first-order valence-electron chi connectivity index (χ1n) is 12.0. The van der Waals surface area contributed by atoms with Gasteiger partial charge in [-0.1, -0.05) is 12.1 Å².